The summed E-state index contributed by atoms with van der Waals surface area (Å²) in [6.07, 6.45) is 2.39. The molecule has 0 radical (unpaired) electrons. The molecule has 4 nitrogen and oxygen atoms in total. The van der Waals surface area contributed by atoms with Gasteiger partial charge in [0.15, 0.2) is 0 Å². The highest BCUT2D eigenvalue weighted by atomic mass is 16.4. The Morgan fingerprint density at radius 1 is 1.00 bits per heavy atom. The largest absolute Gasteiger partial charge is 0.478 e. The highest BCUT2D eigenvalue weighted by Crippen LogP contribution is 2.23. The van der Waals surface area contributed by atoms with E-state index in [1.54, 1.807) is 6.07 Å². The molecule has 0 aliphatic heterocycles. The van der Waals surface area contributed by atoms with E-state index in [4.69, 9.17) is 5.11 Å². The molecule has 0 saturated carbocycles. The van der Waals surface area contributed by atoms with Crippen LogP contribution in [0.4, 0.5) is 0 Å². The molecule has 2 aromatic rings. The fourth-order valence-corrected chi connectivity index (χ4v) is 2.14. The Morgan fingerprint density at radius 3 is 2.33 bits per heavy atom. The summed E-state index contributed by atoms with van der Waals surface area (Å²) < 4.78 is 0. The van der Waals surface area contributed by atoms with Crippen LogP contribution >= 0.6 is 0 Å². The minimum atomic E-state index is -1.17. The highest BCUT2D eigenvalue weighted by molar-refractivity contribution is 6.02. The quantitative estimate of drug-likeness (QED) is 0.666. The molecule has 2 N–H and O–H groups in total. The summed E-state index contributed by atoms with van der Waals surface area (Å²) in [4.78, 5) is 22.1. The number of carboxylic acids is 2. The Balaban J connectivity index is 2.61. The number of fused-ring (bicyclic) bond motifs is 1. The second-order valence-electron chi connectivity index (χ2n) is 4.60. The van der Waals surface area contributed by atoms with Crippen LogP contribution in [-0.4, -0.2) is 22.2 Å². The molecule has 21 heavy (non-hydrogen) atoms. The Kier molecular flexibility index (Phi) is 4.18. The SMILES string of the molecule is CC(=C\C(=O)O)/C(=C\c1cccc2ccccc12)C(=O)O. The number of carbonyl (C=O) groups is 2. The van der Waals surface area contributed by atoms with Crippen LogP contribution in [0, 0.1) is 0 Å². The Morgan fingerprint density at radius 2 is 1.67 bits per heavy atom. The maximum Gasteiger partial charge on any atom is 0.335 e. The van der Waals surface area contributed by atoms with Crippen LogP contribution in [0.25, 0.3) is 16.8 Å². The first-order valence-electron chi connectivity index (χ1n) is 6.33. The van der Waals surface area contributed by atoms with Crippen molar-refractivity contribution in [2.24, 2.45) is 0 Å². The van der Waals surface area contributed by atoms with Gasteiger partial charge >= 0.3 is 11.9 Å². The fourth-order valence-electron chi connectivity index (χ4n) is 2.14. The van der Waals surface area contributed by atoms with Crippen LogP contribution in [0.3, 0.4) is 0 Å². The van der Waals surface area contributed by atoms with Crippen molar-refractivity contribution in [2.45, 2.75) is 6.92 Å². The fraction of sp³-hybridized carbons (Fsp3) is 0.0588. The topological polar surface area (TPSA) is 74.6 Å². The van der Waals surface area contributed by atoms with Crippen molar-refractivity contribution in [1.29, 1.82) is 0 Å². The van der Waals surface area contributed by atoms with Crippen molar-refractivity contribution in [3.63, 3.8) is 0 Å². The van der Waals surface area contributed by atoms with Crippen LogP contribution < -0.4 is 0 Å². The summed E-state index contributed by atoms with van der Waals surface area (Å²) >= 11 is 0. The summed E-state index contributed by atoms with van der Waals surface area (Å²) in [6.45, 7) is 1.47. The molecule has 0 atom stereocenters. The van der Waals surface area contributed by atoms with Gasteiger partial charge < -0.3 is 10.2 Å². The van der Waals surface area contributed by atoms with Crippen LogP contribution in [0.1, 0.15) is 12.5 Å². The molecular weight excluding hydrogens is 268 g/mol. The lowest BCUT2D eigenvalue weighted by molar-refractivity contribution is -0.132. The lowest BCUT2D eigenvalue weighted by Gasteiger charge is -2.05. The normalized spacial score (nSPS) is 12.4. The number of carboxylic acid groups (broad SMARTS) is 2. The van der Waals surface area contributed by atoms with Crippen molar-refractivity contribution in [3.05, 3.63) is 65.3 Å². The van der Waals surface area contributed by atoms with Crippen LogP contribution in [0.5, 0.6) is 0 Å². The van der Waals surface area contributed by atoms with Crippen molar-refractivity contribution < 1.29 is 19.8 Å². The lowest BCUT2D eigenvalue weighted by Crippen LogP contribution is -2.03. The molecule has 0 spiro atoms. The zero-order chi connectivity index (χ0) is 15.4. The van der Waals surface area contributed by atoms with E-state index >= 15 is 0 Å². The summed E-state index contributed by atoms with van der Waals surface area (Å²) in [5.41, 5.74) is 0.903. The van der Waals surface area contributed by atoms with Gasteiger partial charge in [0.1, 0.15) is 0 Å². The van der Waals surface area contributed by atoms with Gasteiger partial charge in [-0.1, -0.05) is 42.5 Å². The van der Waals surface area contributed by atoms with Crippen LogP contribution in [-0.2, 0) is 9.59 Å². The Bertz CT molecular complexity index is 764. The van der Waals surface area contributed by atoms with Crippen molar-refractivity contribution in [2.75, 3.05) is 0 Å². The van der Waals surface area contributed by atoms with Gasteiger partial charge in [-0.25, -0.2) is 9.59 Å². The molecule has 2 rings (SSSR count). The predicted molar refractivity (Wildman–Crippen MR) is 81.0 cm³/mol. The van der Waals surface area contributed by atoms with Gasteiger partial charge in [0.05, 0.1) is 5.57 Å². The van der Waals surface area contributed by atoms with Gasteiger partial charge in [-0.2, -0.15) is 0 Å². The Hall–Kier alpha value is -2.88. The molecule has 0 unspecified atom stereocenters. The standard InChI is InChI=1S/C17H14O4/c1-11(9-16(18)19)15(17(20)21)10-13-7-4-6-12-5-2-3-8-14(12)13/h2-10H,1H3,(H,18,19)(H,20,21)/b11-9+,15-10+. The zero-order valence-electron chi connectivity index (χ0n) is 11.4. The van der Waals surface area contributed by atoms with Gasteiger partial charge in [0.25, 0.3) is 0 Å². The first-order chi connectivity index (χ1) is 9.99. The predicted octanol–water partition coefficient (Wildman–Crippen LogP) is 3.34. The third-order valence-electron chi connectivity index (χ3n) is 3.12. The molecule has 0 aromatic heterocycles. The smallest absolute Gasteiger partial charge is 0.335 e. The third kappa shape index (κ3) is 3.36. The molecule has 106 valence electrons. The first-order valence-corrected chi connectivity index (χ1v) is 6.33. The average Bonchev–Trinajstić information content (AvgIpc) is 2.43. The molecular formula is C17H14O4. The molecule has 0 bridgehead atoms. The second kappa shape index (κ2) is 6.05. The van der Waals surface area contributed by atoms with E-state index in [-0.39, 0.29) is 11.1 Å². The molecule has 0 aliphatic carbocycles. The molecule has 0 saturated heterocycles. The van der Waals surface area contributed by atoms with E-state index in [1.165, 1.54) is 13.0 Å². The summed E-state index contributed by atoms with van der Waals surface area (Å²) in [7, 11) is 0. The molecule has 4 heteroatoms. The summed E-state index contributed by atoms with van der Waals surface area (Å²) in [5, 5.41) is 20.0. The third-order valence-corrected chi connectivity index (χ3v) is 3.12. The van der Waals surface area contributed by atoms with E-state index < -0.39 is 11.9 Å². The average molecular weight is 282 g/mol. The van der Waals surface area contributed by atoms with Crippen LogP contribution in [0.2, 0.25) is 0 Å². The Labute approximate surface area is 121 Å². The minimum absolute atomic E-state index is 0.0336. The maximum atomic E-state index is 11.4. The van der Waals surface area contributed by atoms with Crippen LogP contribution in [0.15, 0.2) is 59.7 Å². The number of hydrogen-bond donors (Lipinski definition) is 2. The van der Waals surface area contributed by atoms with E-state index in [0.29, 0.717) is 0 Å². The summed E-state index contributed by atoms with van der Waals surface area (Å²) in [6, 6.07) is 13.2. The summed E-state index contributed by atoms with van der Waals surface area (Å²) in [5.74, 6) is -2.32. The number of rotatable bonds is 4. The molecule has 0 heterocycles. The van der Waals surface area contributed by atoms with Gasteiger partial charge in [0, 0.05) is 6.08 Å². The van der Waals surface area contributed by atoms with Gasteiger partial charge in [-0.05, 0) is 34.9 Å². The minimum Gasteiger partial charge on any atom is -0.478 e. The molecule has 0 aliphatic rings. The highest BCUT2D eigenvalue weighted by Gasteiger charge is 2.11. The molecule has 0 amide bonds. The van der Waals surface area contributed by atoms with Gasteiger partial charge in [0.2, 0.25) is 0 Å². The number of hydrogen-bond acceptors (Lipinski definition) is 2. The second-order valence-corrected chi connectivity index (χ2v) is 4.60. The van der Waals surface area contributed by atoms with E-state index in [2.05, 4.69) is 0 Å². The van der Waals surface area contributed by atoms with Crippen molar-refractivity contribution >= 4 is 28.8 Å². The van der Waals surface area contributed by atoms with Gasteiger partial charge in [-0.15, -0.1) is 0 Å². The molecule has 2 aromatic carbocycles. The number of aliphatic carboxylic acids is 2. The first kappa shape index (κ1) is 14.5. The zero-order valence-corrected chi connectivity index (χ0v) is 11.4. The molecule has 0 fully saturated rings. The van der Waals surface area contributed by atoms with Crippen molar-refractivity contribution in [1.82, 2.24) is 0 Å². The lowest BCUT2D eigenvalue weighted by atomic mass is 9.99. The van der Waals surface area contributed by atoms with E-state index in [1.807, 2.05) is 36.4 Å². The van der Waals surface area contributed by atoms with Crippen molar-refractivity contribution in [3.8, 4) is 0 Å². The monoisotopic (exact) mass is 282 g/mol. The maximum absolute atomic E-state index is 11.4. The number of benzene rings is 2. The van der Waals surface area contributed by atoms with E-state index in [9.17, 15) is 14.7 Å². The van der Waals surface area contributed by atoms with Gasteiger partial charge in [-0.3, -0.25) is 0 Å². The van der Waals surface area contributed by atoms with E-state index in [0.717, 1.165) is 22.4 Å².